The van der Waals surface area contributed by atoms with Gasteiger partial charge in [-0.1, -0.05) is 50.3 Å². The molecule has 1 saturated carbocycles. The molecule has 120 valence electrons. The maximum atomic E-state index is 12.6. The minimum Gasteiger partial charge on any atom is -0.166 e. The average Bonchev–Trinajstić information content (AvgIpc) is 2.55. The molecule has 1 unspecified atom stereocenters. The molecule has 1 aromatic carbocycles. The quantitative estimate of drug-likeness (QED) is 0.587. The van der Waals surface area contributed by atoms with E-state index in [4.69, 9.17) is 0 Å². The lowest BCUT2D eigenvalue weighted by Gasteiger charge is -2.32. The molecule has 0 nitrogen and oxygen atoms in total. The van der Waals surface area contributed by atoms with E-state index in [0.717, 1.165) is 30.2 Å². The smallest absolute Gasteiger partial charge is 0.166 e. The van der Waals surface area contributed by atoms with Crippen LogP contribution in [0.25, 0.3) is 5.57 Å². The van der Waals surface area contributed by atoms with Gasteiger partial charge in [0.05, 0.1) is 5.56 Å². The van der Waals surface area contributed by atoms with Gasteiger partial charge in [-0.15, -0.1) is 0 Å². The lowest BCUT2D eigenvalue weighted by Crippen LogP contribution is -2.19. The molecule has 0 heterocycles. The highest BCUT2D eigenvalue weighted by Gasteiger charge is 2.30. The van der Waals surface area contributed by atoms with Gasteiger partial charge in [0.15, 0.2) is 0 Å². The molecule has 0 spiro atoms. The maximum absolute atomic E-state index is 12.6. The molecule has 0 bridgehead atoms. The van der Waals surface area contributed by atoms with Gasteiger partial charge < -0.3 is 0 Å². The molecule has 3 heteroatoms. The van der Waals surface area contributed by atoms with Crippen molar-refractivity contribution in [2.45, 2.75) is 57.5 Å². The van der Waals surface area contributed by atoms with Crippen LogP contribution in [0, 0.1) is 11.8 Å². The summed E-state index contributed by atoms with van der Waals surface area (Å²) in [6, 6.07) is 5.64. The van der Waals surface area contributed by atoms with E-state index in [2.05, 4.69) is 6.08 Å². The molecule has 22 heavy (non-hydrogen) atoms. The number of hydrogen-bond acceptors (Lipinski definition) is 0. The minimum absolute atomic E-state index is 0.562. The molecule has 1 aromatic rings. The van der Waals surface area contributed by atoms with E-state index in [-0.39, 0.29) is 0 Å². The maximum Gasteiger partial charge on any atom is 0.416 e. The van der Waals surface area contributed by atoms with E-state index in [1.165, 1.54) is 56.2 Å². The van der Waals surface area contributed by atoms with Crippen LogP contribution in [0.2, 0.25) is 0 Å². The molecule has 0 radical (unpaired) electrons. The van der Waals surface area contributed by atoms with Crippen molar-refractivity contribution in [3.8, 4) is 0 Å². The highest BCUT2D eigenvalue weighted by Crippen LogP contribution is 2.40. The lowest BCUT2D eigenvalue weighted by atomic mass is 9.73. The van der Waals surface area contributed by atoms with Crippen LogP contribution in [0.4, 0.5) is 13.2 Å². The van der Waals surface area contributed by atoms with Gasteiger partial charge in [-0.3, -0.25) is 0 Å². The third kappa shape index (κ3) is 3.56. The Kier molecular flexibility index (Phi) is 4.60. The van der Waals surface area contributed by atoms with E-state index >= 15 is 0 Å². The fourth-order valence-electron chi connectivity index (χ4n) is 4.02. The Morgan fingerprint density at radius 1 is 0.818 bits per heavy atom. The minimum atomic E-state index is -4.24. The number of alkyl halides is 3. The van der Waals surface area contributed by atoms with Gasteiger partial charge in [0.2, 0.25) is 0 Å². The van der Waals surface area contributed by atoms with Crippen molar-refractivity contribution in [2.24, 2.45) is 11.8 Å². The van der Waals surface area contributed by atoms with E-state index in [0.29, 0.717) is 0 Å². The van der Waals surface area contributed by atoms with Crippen LogP contribution in [0.15, 0.2) is 30.3 Å². The largest absolute Gasteiger partial charge is 0.416 e. The lowest BCUT2D eigenvalue weighted by molar-refractivity contribution is -0.137. The third-order valence-electron chi connectivity index (χ3n) is 5.35. The molecule has 2 aliphatic rings. The molecule has 0 amide bonds. The number of hydrogen-bond donors (Lipinski definition) is 0. The monoisotopic (exact) mass is 308 g/mol. The van der Waals surface area contributed by atoms with Crippen molar-refractivity contribution in [3.63, 3.8) is 0 Å². The molecule has 1 atom stereocenters. The summed E-state index contributed by atoms with van der Waals surface area (Å²) in [4.78, 5) is 0. The molecule has 3 rings (SSSR count). The molecule has 1 fully saturated rings. The first-order valence-corrected chi connectivity index (χ1v) is 8.41. The van der Waals surface area contributed by atoms with Gasteiger partial charge >= 0.3 is 6.18 Å². The average molecular weight is 308 g/mol. The van der Waals surface area contributed by atoms with Gasteiger partial charge in [0, 0.05) is 0 Å². The molecular formula is C19H23F3. The van der Waals surface area contributed by atoms with Gasteiger partial charge in [0.25, 0.3) is 0 Å². The third-order valence-corrected chi connectivity index (χ3v) is 5.35. The van der Waals surface area contributed by atoms with Gasteiger partial charge in [-0.2, -0.15) is 13.2 Å². The molecular weight excluding hydrogens is 285 g/mol. The SMILES string of the molecule is FC(F)(F)c1ccc(C2=CCC(C3CCCCC3)CC2)cc1. The summed E-state index contributed by atoms with van der Waals surface area (Å²) in [5.74, 6) is 1.66. The second kappa shape index (κ2) is 6.47. The van der Waals surface area contributed by atoms with Crippen LogP contribution < -0.4 is 0 Å². The molecule has 0 aliphatic heterocycles. The van der Waals surface area contributed by atoms with Crippen molar-refractivity contribution >= 4 is 5.57 Å². The van der Waals surface area contributed by atoms with E-state index in [1.54, 1.807) is 12.1 Å². The Morgan fingerprint density at radius 2 is 1.50 bits per heavy atom. The predicted octanol–water partition coefficient (Wildman–Crippen LogP) is 6.47. The van der Waals surface area contributed by atoms with Crippen LogP contribution >= 0.6 is 0 Å². The zero-order valence-electron chi connectivity index (χ0n) is 12.8. The van der Waals surface area contributed by atoms with Crippen LogP contribution in [-0.4, -0.2) is 0 Å². The van der Waals surface area contributed by atoms with Crippen molar-refractivity contribution in [1.82, 2.24) is 0 Å². The number of halogens is 3. The second-order valence-corrected chi connectivity index (χ2v) is 6.74. The fraction of sp³-hybridized carbons (Fsp3) is 0.579. The van der Waals surface area contributed by atoms with Gasteiger partial charge in [-0.25, -0.2) is 0 Å². The summed E-state index contributed by atoms with van der Waals surface area (Å²) < 4.78 is 37.8. The molecule has 0 aromatic heterocycles. The summed E-state index contributed by atoms with van der Waals surface area (Å²) in [7, 11) is 0. The fourth-order valence-corrected chi connectivity index (χ4v) is 4.02. The number of benzene rings is 1. The van der Waals surface area contributed by atoms with Crippen molar-refractivity contribution in [1.29, 1.82) is 0 Å². The summed E-state index contributed by atoms with van der Waals surface area (Å²) in [6.45, 7) is 0. The number of rotatable bonds is 2. The second-order valence-electron chi connectivity index (χ2n) is 6.74. The molecule has 0 N–H and O–H groups in total. The summed E-state index contributed by atoms with van der Waals surface area (Å²) >= 11 is 0. The Labute approximate surface area is 130 Å². The van der Waals surface area contributed by atoms with Crippen LogP contribution in [-0.2, 0) is 6.18 Å². The molecule has 0 saturated heterocycles. The van der Waals surface area contributed by atoms with E-state index in [1.807, 2.05) is 0 Å². The molecule has 2 aliphatic carbocycles. The predicted molar refractivity (Wildman–Crippen MR) is 83.3 cm³/mol. The topological polar surface area (TPSA) is 0 Å². The van der Waals surface area contributed by atoms with Crippen molar-refractivity contribution in [3.05, 3.63) is 41.5 Å². The Morgan fingerprint density at radius 3 is 2.05 bits per heavy atom. The zero-order chi connectivity index (χ0) is 15.6. The van der Waals surface area contributed by atoms with Crippen LogP contribution in [0.5, 0.6) is 0 Å². The summed E-state index contributed by atoms with van der Waals surface area (Å²) in [6.07, 6.45) is 8.19. The first-order valence-electron chi connectivity index (χ1n) is 8.41. The first kappa shape index (κ1) is 15.6. The number of allylic oxidation sites excluding steroid dienone is 2. The Bertz CT molecular complexity index is 519. The normalized spacial score (nSPS) is 24.1. The Hall–Kier alpha value is -1.25. The van der Waals surface area contributed by atoms with Gasteiger partial charge in [0.1, 0.15) is 0 Å². The highest BCUT2D eigenvalue weighted by atomic mass is 19.4. The van der Waals surface area contributed by atoms with Crippen molar-refractivity contribution < 1.29 is 13.2 Å². The van der Waals surface area contributed by atoms with Gasteiger partial charge in [-0.05, 0) is 54.4 Å². The Balaban J connectivity index is 1.65. The first-order chi connectivity index (χ1) is 10.5. The van der Waals surface area contributed by atoms with E-state index in [9.17, 15) is 13.2 Å². The van der Waals surface area contributed by atoms with Crippen LogP contribution in [0.1, 0.15) is 62.5 Å². The standard InChI is InChI=1S/C19H23F3/c20-19(21,22)18-12-10-17(11-13-18)16-8-6-15(7-9-16)14-4-2-1-3-5-14/h8,10-15H,1-7,9H2. The highest BCUT2D eigenvalue weighted by molar-refractivity contribution is 5.66. The van der Waals surface area contributed by atoms with Crippen LogP contribution in [0.3, 0.4) is 0 Å². The zero-order valence-corrected chi connectivity index (χ0v) is 12.8. The van der Waals surface area contributed by atoms with E-state index < -0.39 is 11.7 Å². The summed E-state index contributed by atoms with van der Waals surface area (Å²) in [5.41, 5.74) is 1.61. The van der Waals surface area contributed by atoms with Crippen molar-refractivity contribution in [2.75, 3.05) is 0 Å². The summed E-state index contributed by atoms with van der Waals surface area (Å²) in [5, 5.41) is 0.